The highest BCUT2D eigenvalue weighted by molar-refractivity contribution is 6.35. The molecule has 0 bridgehead atoms. The molecular formula is C16H20ClN. The first-order chi connectivity index (χ1) is 8.79. The highest BCUT2D eigenvalue weighted by Gasteiger charge is 2.22. The summed E-state index contributed by atoms with van der Waals surface area (Å²) in [6, 6.07) is 9.04. The van der Waals surface area contributed by atoms with Crippen molar-refractivity contribution < 1.29 is 0 Å². The summed E-state index contributed by atoms with van der Waals surface area (Å²) in [5, 5.41) is 2.06. The monoisotopic (exact) mass is 261 g/mol. The number of hydrogen-bond acceptors (Lipinski definition) is 0. The van der Waals surface area contributed by atoms with Crippen molar-refractivity contribution in [1.29, 1.82) is 0 Å². The van der Waals surface area contributed by atoms with Gasteiger partial charge in [-0.2, -0.15) is 0 Å². The largest absolute Gasteiger partial charge is 0.344 e. The highest BCUT2D eigenvalue weighted by Crippen LogP contribution is 2.36. The smallest absolute Gasteiger partial charge is 0.0499 e. The topological polar surface area (TPSA) is 4.93 Å². The number of fused-ring (bicyclic) bond motifs is 1. The van der Waals surface area contributed by atoms with Crippen molar-refractivity contribution in [1.82, 2.24) is 4.57 Å². The zero-order valence-corrected chi connectivity index (χ0v) is 11.7. The third-order valence-electron chi connectivity index (χ3n) is 4.50. The van der Waals surface area contributed by atoms with Crippen molar-refractivity contribution in [2.24, 2.45) is 5.92 Å². The van der Waals surface area contributed by atoms with Crippen LogP contribution in [0.2, 0.25) is 5.02 Å². The average molecular weight is 262 g/mol. The van der Waals surface area contributed by atoms with E-state index in [2.05, 4.69) is 35.9 Å². The quantitative estimate of drug-likeness (QED) is 0.679. The second-order valence-corrected chi connectivity index (χ2v) is 5.89. The predicted molar refractivity (Wildman–Crippen MR) is 78.2 cm³/mol. The Morgan fingerprint density at radius 3 is 2.67 bits per heavy atom. The molecule has 1 fully saturated rings. The van der Waals surface area contributed by atoms with E-state index in [-0.39, 0.29) is 0 Å². The van der Waals surface area contributed by atoms with Crippen molar-refractivity contribution in [2.75, 3.05) is 0 Å². The molecule has 96 valence electrons. The molecule has 1 aliphatic carbocycles. The maximum absolute atomic E-state index is 6.24. The summed E-state index contributed by atoms with van der Waals surface area (Å²) in [4.78, 5) is 0. The van der Waals surface area contributed by atoms with Crippen LogP contribution in [0.25, 0.3) is 10.9 Å². The Balaban J connectivity index is 1.89. The molecule has 0 spiro atoms. The fraction of sp³-hybridized carbons (Fsp3) is 0.500. The lowest BCUT2D eigenvalue weighted by Crippen LogP contribution is -2.17. The van der Waals surface area contributed by atoms with Gasteiger partial charge in [-0.3, -0.25) is 0 Å². The SMILES string of the molecule is CCC1CCC(n2ccc3c(Cl)cccc32)CC1. The summed E-state index contributed by atoms with van der Waals surface area (Å²) in [6.45, 7) is 2.32. The maximum atomic E-state index is 6.24. The number of rotatable bonds is 2. The third kappa shape index (κ3) is 2.05. The van der Waals surface area contributed by atoms with Crippen LogP contribution < -0.4 is 0 Å². The number of aromatic nitrogens is 1. The zero-order valence-electron chi connectivity index (χ0n) is 10.9. The van der Waals surface area contributed by atoms with Crippen molar-refractivity contribution in [3.8, 4) is 0 Å². The van der Waals surface area contributed by atoms with E-state index >= 15 is 0 Å². The summed E-state index contributed by atoms with van der Waals surface area (Å²) in [5.74, 6) is 0.951. The molecule has 18 heavy (non-hydrogen) atoms. The predicted octanol–water partition coefficient (Wildman–Crippen LogP) is 5.44. The van der Waals surface area contributed by atoms with Gasteiger partial charge in [0.2, 0.25) is 0 Å². The molecule has 0 unspecified atom stereocenters. The Labute approximate surface area is 114 Å². The van der Waals surface area contributed by atoms with Crippen LogP contribution in [-0.4, -0.2) is 4.57 Å². The summed E-state index contributed by atoms with van der Waals surface area (Å²) in [7, 11) is 0. The van der Waals surface area contributed by atoms with Crippen LogP contribution in [0.4, 0.5) is 0 Å². The minimum Gasteiger partial charge on any atom is -0.344 e. The van der Waals surface area contributed by atoms with Gasteiger partial charge in [-0.15, -0.1) is 0 Å². The Kier molecular flexibility index (Phi) is 3.34. The first kappa shape index (κ1) is 12.1. The molecule has 1 heterocycles. The number of benzene rings is 1. The van der Waals surface area contributed by atoms with Gasteiger partial charge in [0, 0.05) is 28.2 Å². The molecule has 0 amide bonds. The van der Waals surface area contributed by atoms with Crippen molar-refractivity contribution in [2.45, 2.75) is 45.1 Å². The molecule has 0 saturated heterocycles. The summed E-state index contributed by atoms with van der Waals surface area (Å²) in [5.41, 5.74) is 1.29. The molecule has 0 N–H and O–H groups in total. The number of hydrogen-bond donors (Lipinski definition) is 0. The fourth-order valence-electron chi connectivity index (χ4n) is 3.30. The van der Waals surface area contributed by atoms with Gasteiger partial charge in [0.05, 0.1) is 0 Å². The van der Waals surface area contributed by atoms with Crippen LogP contribution in [0.15, 0.2) is 30.5 Å². The molecule has 1 aromatic carbocycles. The molecule has 3 rings (SSSR count). The van der Waals surface area contributed by atoms with Crippen LogP contribution in [0, 0.1) is 5.92 Å². The second kappa shape index (κ2) is 4.97. The summed E-state index contributed by atoms with van der Waals surface area (Å²) in [6.07, 6.45) is 8.94. The van der Waals surface area contributed by atoms with E-state index in [1.54, 1.807) is 0 Å². The highest BCUT2D eigenvalue weighted by atomic mass is 35.5. The molecule has 2 aromatic rings. The normalized spacial score (nSPS) is 24.6. The Hall–Kier alpha value is -0.950. The Morgan fingerprint density at radius 1 is 1.17 bits per heavy atom. The molecule has 2 heteroatoms. The van der Waals surface area contributed by atoms with E-state index < -0.39 is 0 Å². The van der Waals surface area contributed by atoms with Crippen molar-refractivity contribution in [3.05, 3.63) is 35.5 Å². The lowest BCUT2D eigenvalue weighted by molar-refractivity contribution is 0.273. The first-order valence-corrected chi connectivity index (χ1v) is 7.42. The lowest BCUT2D eigenvalue weighted by Gasteiger charge is -2.29. The molecule has 1 nitrogen and oxygen atoms in total. The van der Waals surface area contributed by atoms with E-state index in [9.17, 15) is 0 Å². The minimum absolute atomic E-state index is 0.670. The maximum Gasteiger partial charge on any atom is 0.0499 e. The van der Waals surface area contributed by atoms with Gasteiger partial charge in [-0.05, 0) is 49.8 Å². The molecule has 0 radical (unpaired) electrons. The van der Waals surface area contributed by atoms with Gasteiger partial charge >= 0.3 is 0 Å². The van der Waals surface area contributed by atoms with Gasteiger partial charge in [0.25, 0.3) is 0 Å². The summed E-state index contributed by atoms with van der Waals surface area (Å²) >= 11 is 6.24. The Bertz CT molecular complexity index is 535. The van der Waals surface area contributed by atoms with Crippen LogP contribution >= 0.6 is 11.6 Å². The van der Waals surface area contributed by atoms with Crippen molar-refractivity contribution in [3.63, 3.8) is 0 Å². The van der Waals surface area contributed by atoms with E-state index in [1.807, 2.05) is 6.07 Å². The molecule has 1 aliphatic rings. The zero-order chi connectivity index (χ0) is 12.5. The van der Waals surface area contributed by atoms with Gasteiger partial charge in [0.1, 0.15) is 0 Å². The Morgan fingerprint density at radius 2 is 1.94 bits per heavy atom. The van der Waals surface area contributed by atoms with E-state index in [0.717, 1.165) is 10.9 Å². The molecule has 1 saturated carbocycles. The molecule has 1 aromatic heterocycles. The van der Waals surface area contributed by atoms with Crippen molar-refractivity contribution >= 4 is 22.5 Å². The lowest BCUT2D eigenvalue weighted by atomic mass is 9.84. The average Bonchev–Trinajstić information content (AvgIpc) is 2.84. The van der Waals surface area contributed by atoms with E-state index in [1.165, 1.54) is 43.0 Å². The second-order valence-electron chi connectivity index (χ2n) is 5.48. The van der Waals surface area contributed by atoms with Crippen LogP contribution in [0.5, 0.6) is 0 Å². The third-order valence-corrected chi connectivity index (χ3v) is 4.83. The fourth-order valence-corrected chi connectivity index (χ4v) is 3.53. The van der Waals surface area contributed by atoms with Gasteiger partial charge in [-0.1, -0.05) is 31.0 Å². The standard InChI is InChI=1S/C16H20ClN/c1-2-12-6-8-13(9-7-12)18-11-10-14-15(17)4-3-5-16(14)18/h3-5,10-13H,2,6-9H2,1H3. The van der Waals surface area contributed by atoms with E-state index in [4.69, 9.17) is 11.6 Å². The van der Waals surface area contributed by atoms with Gasteiger partial charge in [-0.25, -0.2) is 0 Å². The summed E-state index contributed by atoms with van der Waals surface area (Å²) < 4.78 is 2.44. The van der Waals surface area contributed by atoms with Gasteiger partial charge in [0.15, 0.2) is 0 Å². The molecular weight excluding hydrogens is 242 g/mol. The first-order valence-electron chi connectivity index (χ1n) is 7.04. The van der Waals surface area contributed by atoms with Crippen LogP contribution in [0.1, 0.15) is 45.1 Å². The molecule has 0 atom stereocenters. The number of nitrogens with zero attached hydrogens (tertiary/aromatic N) is 1. The van der Waals surface area contributed by atoms with Crippen LogP contribution in [-0.2, 0) is 0 Å². The van der Waals surface area contributed by atoms with E-state index in [0.29, 0.717) is 6.04 Å². The number of halogens is 1. The molecule has 0 aliphatic heterocycles. The minimum atomic E-state index is 0.670. The van der Waals surface area contributed by atoms with Gasteiger partial charge < -0.3 is 4.57 Å². The van der Waals surface area contributed by atoms with Crippen LogP contribution in [0.3, 0.4) is 0 Å².